The van der Waals surface area contributed by atoms with Gasteiger partial charge in [-0.2, -0.15) is 0 Å². The number of methoxy groups -OCH3 is 1. The van der Waals surface area contributed by atoms with Crippen LogP contribution in [-0.2, 0) is 4.74 Å². The molecule has 0 fully saturated rings. The standard InChI is InChI=1S/C24H19N3O5S/c1-31-11-10-27-18-8-7-15(13-21(18)33-20-5-3-2-4-16(20)23(27)29)25-22(28)14-6-9-19-17(12-14)26-24(30)32-19/h2-9,12-13H,10-11H2,1H3,(H,25,28)(H,26,30). The Bertz CT molecular complexity index is 1440. The number of H-pyrrole nitrogens is 1. The summed E-state index contributed by atoms with van der Waals surface area (Å²) in [5, 5.41) is 2.89. The van der Waals surface area contributed by atoms with Gasteiger partial charge in [-0.1, -0.05) is 23.9 Å². The number of amides is 2. The second kappa shape index (κ2) is 8.61. The average Bonchev–Trinajstić information content (AvgIpc) is 3.14. The Morgan fingerprint density at radius 3 is 2.79 bits per heavy atom. The number of benzene rings is 3. The quantitative estimate of drug-likeness (QED) is 0.463. The summed E-state index contributed by atoms with van der Waals surface area (Å²) in [7, 11) is 1.60. The molecule has 33 heavy (non-hydrogen) atoms. The molecule has 166 valence electrons. The topological polar surface area (TPSA) is 105 Å². The molecule has 9 heteroatoms. The first-order valence-electron chi connectivity index (χ1n) is 10.2. The van der Waals surface area contributed by atoms with Crippen molar-refractivity contribution in [2.24, 2.45) is 0 Å². The number of aromatic nitrogens is 1. The average molecular weight is 461 g/mol. The summed E-state index contributed by atoms with van der Waals surface area (Å²) in [6.07, 6.45) is 0. The van der Waals surface area contributed by atoms with Gasteiger partial charge in [0.25, 0.3) is 11.8 Å². The summed E-state index contributed by atoms with van der Waals surface area (Å²) in [6, 6.07) is 17.6. The van der Waals surface area contributed by atoms with Crippen molar-refractivity contribution >= 4 is 46.1 Å². The van der Waals surface area contributed by atoms with Gasteiger partial charge < -0.3 is 19.4 Å². The van der Waals surface area contributed by atoms with Gasteiger partial charge in [-0.15, -0.1) is 0 Å². The minimum Gasteiger partial charge on any atom is -0.408 e. The first-order chi connectivity index (χ1) is 16.0. The van der Waals surface area contributed by atoms with Crippen LogP contribution in [0.1, 0.15) is 20.7 Å². The lowest BCUT2D eigenvalue weighted by atomic mass is 10.1. The molecule has 8 nitrogen and oxygen atoms in total. The van der Waals surface area contributed by atoms with Gasteiger partial charge in [-0.25, -0.2) is 4.79 Å². The Hall–Kier alpha value is -3.82. The number of nitrogens with zero attached hydrogens (tertiary/aromatic N) is 1. The molecule has 1 aromatic heterocycles. The van der Waals surface area contributed by atoms with Gasteiger partial charge in [0.1, 0.15) is 0 Å². The molecule has 4 aromatic rings. The lowest BCUT2D eigenvalue weighted by Gasteiger charge is -2.23. The highest BCUT2D eigenvalue weighted by Crippen LogP contribution is 2.42. The number of aromatic amines is 1. The first-order valence-corrected chi connectivity index (χ1v) is 11.0. The van der Waals surface area contributed by atoms with E-state index in [4.69, 9.17) is 9.15 Å². The molecule has 1 aliphatic rings. The fourth-order valence-corrected chi connectivity index (χ4v) is 4.82. The minimum atomic E-state index is -0.571. The van der Waals surface area contributed by atoms with Crippen molar-refractivity contribution < 1.29 is 18.7 Å². The third-order valence-corrected chi connectivity index (χ3v) is 6.41. The number of carbonyl (C=O) groups is 2. The minimum absolute atomic E-state index is 0.0897. The van der Waals surface area contributed by atoms with E-state index in [1.165, 1.54) is 11.8 Å². The Labute approximate surface area is 192 Å². The predicted octanol–water partition coefficient (Wildman–Crippen LogP) is 4.13. The molecule has 5 rings (SSSR count). The maximum Gasteiger partial charge on any atom is 0.417 e. The number of hydrogen-bond donors (Lipinski definition) is 2. The molecule has 2 N–H and O–H groups in total. The van der Waals surface area contributed by atoms with Crippen LogP contribution in [0.3, 0.4) is 0 Å². The SMILES string of the molecule is COCCN1C(=O)c2ccccc2Sc2cc(NC(=O)c3ccc4oc(=O)[nH]c4c3)ccc21. The van der Waals surface area contributed by atoms with Crippen LogP contribution in [0.15, 0.2) is 79.7 Å². The monoisotopic (exact) mass is 461 g/mol. The van der Waals surface area contributed by atoms with E-state index in [-0.39, 0.29) is 11.8 Å². The molecule has 2 heterocycles. The summed E-state index contributed by atoms with van der Waals surface area (Å²) < 4.78 is 10.2. The summed E-state index contributed by atoms with van der Waals surface area (Å²) >= 11 is 1.48. The van der Waals surface area contributed by atoms with E-state index >= 15 is 0 Å². The number of hydrogen-bond acceptors (Lipinski definition) is 6. The summed E-state index contributed by atoms with van der Waals surface area (Å²) in [5.74, 6) is -0.989. The number of oxazole rings is 1. The third-order valence-electron chi connectivity index (χ3n) is 5.29. The van der Waals surface area contributed by atoms with Crippen LogP contribution in [0.25, 0.3) is 11.1 Å². The van der Waals surface area contributed by atoms with Gasteiger partial charge in [-0.3, -0.25) is 14.6 Å². The maximum atomic E-state index is 13.2. The molecule has 0 saturated carbocycles. The van der Waals surface area contributed by atoms with Crippen molar-refractivity contribution in [2.75, 3.05) is 30.5 Å². The Morgan fingerprint density at radius 1 is 1.09 bits per heavy atom. The molecule has 0 unspecified atom stereocenters. The van der Waals surface area contributed by atoms with Crippen LogP contribution in [0.5, 0.6) is 0 Å². The van der Waals surface area contributed by atoms with E-state index in [0.717, 1.165) is 15.5 Å². The van der Waals surface area contributed by atoms with E-state index in [1.54, 1.807) is 36.3 Å². The number of rotatable bonds is 5. The van der Waals surface area contributed by atoms with Crippen molar-refractivity contribution in [1.29, 1.82) is 0 Å². The molecular weight excluding hydrogens is 442 g/mol. The lowest BCUT2D eigenvalue weighted by Crippen LogP contribution is -2.33. The molecule has 0 saturated heterocycles. The van der Waals surface area contributed by atoms with Gasteiger partial charge in [0, 0.05) is 34.7 Å². The zero-order valence-corrected chi connectivity index (χ0v) is 18.4. The number of nitrogens with one attached hydrogen (secondary N) is 2. The largest absolute Gasteiger partial charge is 0.417 e. The molecule has 3 aromatic carbocycles. The first kappa shape index (κ1) is 21.0. The number of fused-ring (bicyclic) bond motifs is 3. The lowest BCUT2D eigenvalue weighted by molar-refractivity contribution is 0.0972. The van der Waals surface area contributed by atoms with Crippen LogP contribution in [-0.4, -0.2) is 37.1 Å². The van der Waals surface area contributed by atoms with Crippen molar-refractivity contribution in [3.8, 4) is 0 Å². The highest BCUT2D eigenvalue weighted by molar-refractivity contribution is 7.99. The van der Waals surface area contributed by atoms with Gasteiger partial charge >= 0.3 is 5.76 Å². The van der Waals surface area contributed by atoms with Gasteiger partial charge in [-0.05, 0) is 48.5 Å². The second-order valence-electron chi connectivity index (χ2n) is 7.41. The molecular formula is C24H19N3O5S. The molecule has 2 amide bonds. The van der Waals surface area contributed by atoms with E-state index in [1.807, 2.05) is 36.4 Å². The van der Waals surface area contributed by atoms with Crippen molar-refractivity contribution in [2.45, 2.75) is 9.79 Å². The van der Waals surface area contributed by atoms with E-state index < -0.39 is 5.76 Å². The normalized spacial score (nSPS) is 12.9. The second-order valence-corrected chi connectivity index (χ2v) is 8.49. The molecule has 0 spiro atoms. The Balaban J connectivity index is 1.47. The fraction of sp³-hybridized carbons (Fsp3) is 0.125. The maximum absolute atomic E-state index is 13.2. The van der Waals surface area contributed by atoms with Gasteiger partial charge in [0.05, 0.1) is 23.4 Å². The van der Waals surface area contributed by atoms with E-state index in [0.29, 0.717) is 41.1 Å². The summed E-state index contributed by atoms with van der Waals surface area (Å²) in [4.78, 5) is 43.4. The van der Waals surface area contributed by atoms with Gasteiger partial charge in [0.2, 0.25) is 0 Å². The highest BCUT2D eigenvalue weighted by Gasteiger charge is 2.27. The van der Waals surface area contributed by atoms with Crippen molar-refractivity contribution in [1.82, 2.24) is 4.98 Å². The summed E-state index contributed by atoms with van der Waals surface area (Å²) in [6.45, 7) is 0.806. The number of anilines is 2. The van der Waals surface area contributed by atoms with Crippen molar-refractivity contribution in [3.63, 3.8) is 0 Å². The molecule has 0 radical (unpaired) electrons. The fourth-order valence-electron chi connectivity index (χ4n) is 3.70. The zero-order valence-electron chi connectivity index (χ0n) is 17.6. The van der Waals surface area contributed by atoms with Crippen LogP contribution in [0.4, 0.5) is 11.4 Å². The van der Waals surface area contributed by atoms with Crippen LogP contribution in [0.2, 0.25) is 0 Å². The molecule has 0 aliphatic carbocycles. The molecule has 0 bridgehead atoms. The zero-order chi connectivity index (χ0) is 22.9. The predicted molar refractivity (Wildman–Crippen MR) is 125 cm³/mol. The van der Waals surface area contributed by atoms with Crippen LogP contribution >= 0.6 is 11.8 Å². The van der Waals surface area contributed by atoms with Gasteiger partial charge in [0.15, 0.2) is 5.58 Å². The van der Waals surface area contributed by atoms with Crippen LogP contribution < -0.4 is 16.0 Å². The van der Waals surface area contributed by atoms with Crippen molar-refractivity contribution in [3.05, 3.63) is 82.3 Å². The highest BCUT2D eigenvalue weighted by atomic mass is 32.2. The molecule has 1 aliphatic heterocycles. The smallest absolute Gasteiger partial charge is 0.408 e. The summed E-state index contributed by atoms with van der Waals surface area (Å²) in [5.41, 5.74) is 3.19. The van der Waals surface area contributed by atoms with E-state index in [9.17, 15) is 14.4 Å². The Kier molecular flexibility index (Phi) is 5.49. The van der Waals surface area contributed by atoms with E-state index in [2.05, 4.69) is 10.3 Å². The number of carbonyl (C=O) groups excluding carboxylic acids is 2. The third kappa shape index (κ3) is 4.04. The molecule has 0 atom stereocenters. The number of ether oxygens (including phenoxy) is 1. The Morgan fingerprint density at radius 2 is 1.94 bits per heavy atom. The van der Waals surface area contributed by atoms with Crippen LogP contribution in [0, 0.1) is 0 Å².